The smallest absolute Gasteiger partial charge is 0.203 e. The minimum absolute atomic E-state index is 0.519. The number of methoxy groups -OCH3 is 5. The van der Waals surface area contributed by atoms with Crippen LogP contribution in [0.1, 0.15) is 0 Å². The Bertz CT molecular complexity index is 1460. The molecule has 9 nitrogen and oxygen atoms in total. The maximum absolute atomic E-state index is 5.50. The molecular formula is C26H24N4O5S. The fourth-order valence-electron chi connectivity index (χ4n) is 3.97. The summed E-state index contributed by atoms with van der Waals surface area (Å²) in [4.78, 5) is 4.79. The Labute approximate surface area is 211 Å². The Morgan fingerprint density at radius 1 is 0.694 bits per heavy atom. The lowest BCUT2D eigenvalue weighted by molar-refractivity contribution is 0.324. The van der Waals surface area contributed by atoms with Crippen molar-refractivity contribution in [3.63, 3.8) is 0 Å². The van der Waals surface area contributed by atoms with Crippen molar-refractivity contribution in [2.75, 3.05) is 35.5 Å². The monoisotopic (exact) mass is 504 g/mol. The Hall–Kier alpha value is -4.31. The lowest BCUT2D eigenvalue weighted by Crippen LogP contribution is -1.99. The van der Waals surface area contributed by atoms with Gasteiger partial charge in [0.2, 0.25) is 5.75 Å². The Morgan fingerprint density at radius 2 is 1.33 bits per heavy atom. The minimum Gasteiger partial charge on any atom is -0.493 e. The van der Waals surface area contributed by atoms with Gasteiger partial charge in [0, 0.05) is 28.9 Å². The summed E-state index contributed by atoms with van der Waals surface area (Å²) >= 11 is 1.60. The SMILES string of the molecule is COc1cc2nc(-c3ccc(-n4cnnc4-c4cc(OC)c(OC)c(OC)c4)cc3)sc2cc1OC. The molecular weight excluding hydrogens is 480 g/mol. The number of ether oxygens (including phenoxy) is 5. The highest BCUT2D eigenvalue weighted by molar-refractivity contribution is 7.21. The van der Waals surface area contributed by atoms with Crippen molar-refractivity contribution in [3.8, 4) is 56.4 Å². The number of fused-ring (bicyclic) bond motifs is 1. The molecule has 0 spiro atoms. The first-order valence-electron chi connectivity index (χ1n) is 10.9. The van der Waals surface area contributed by atoms with Gasteiger partial charge in [-0.2, -0.15) is 0 Å². The van der Waals surface area contributed by atoms with E-state index in [0.29, 0.717) is 34.6 Å². The zero-order valence-electron chi connectivity index (χ0n) is 20.4. The van der Waals surface area contributed by atoms with E-state index in [-0.39, 0.29) is 0 Å². The third-order valence-corrected chi connectivity index (χ3v) is 6.82. The standard InChI is InChI=1S/C26H24N4O5S/c1-31-19-12-18-23(13-20(19)32-2)36-26(28-18)15-6-8-17(9-7-15)30-14-27-29-25(30)16-10-21(33-3)24(35-5)22(11-16)34-4/h6-14H,1-5H3. The van der Waals surface area contributed by atoms with E-state index in [1.807, 2.05) is 53.1 Å². The molecule has 0 radical (unpaired) electrons. The predicted molar refractivity (Wildman–Crippen MR) is 138 cm³/mol. The number of rotatable bonds is 8. The first kappa shape index (κ1) is 23.4. The molecule has 0 saturated carbocycles. The van der Waals surface area contributed by atoms with Crippen LogP contribution >= 0.6 is 11.3 Å². The number of aromatic nitrogens is 4. The van der Waals surface area contributed by atoms with Crippen molar-refractivity contribution >= 4 is 21.6 Å². The molecule has 0 atom stereocenters. The molecule has 3 aromatic carbocycles. The molecule has 5 aromatic rings. The molecule has 0 aliphatic heterocycles. The van der Waals surface area contributed by atoms with Gasteiger partial charge in [0.05, 0.1) is 45.8 Å². The predicted octanol–water partition coefficient (Wildman–Crippen LogP) is 5.25. The lowest BCUT2D eigenvalue weighted by atomic mass is 10.1. The Morgan fingerprint density at radius 3 is 1.94 bits per heavy atom. The summed E-state index contributed by atoms with van der Waals surface area (Å²) in [7, 11) is 7.98. The zero-order chi connectivity index (χ0) is 25.2. The van der Waals surface area contributed by atoms with Gasteiger partial charge in [0.1, 0.15) is 11.3 Å². The van der Waals surface area contributed by atoms with E-state index < -0.39 is 0 Å². The van der Waals surface area contributed by atoms with Crippen molar-refractivity contribution in [1.82, 2.24) is 19.7 Å². The average Bonchev–Trinajstić information content (AvgIpc) is 3.58. The summed E-state index contributed by atoms with van der Waals surface area (Å²) in [6.45, 7) is 0. The molecule has 0 saturated heterocycles. The van der Waals surface area contributed by atoms with E-state index in [1.165, 1.54) is 0 Å². The summed E-state index contributed by atoms with van der Waals surface area (Å²) in [6.07, 6.45) is 1.67. The summed E-state index contributed by atoms with van der Waals surface area (Å²) in [5, 5.41) is 9.38. The van der Waals surface area contributed by atoms with E-state index in [1.54, 1.807) is 53.2 Å². The van der Waals surface area contributed by atoms with Crippen LogP contribution in [0.25, 0.3) is 37.9 Å². The zero-order valence-corrected chi connectivity index (χ0v) is 21.3. The molecule has 5 rings (SSSR count). The summed E-state index contributed by atoms with van der Waals surface area (Å²) in [5.41, 5.74) is 3.54. The molecule has 36 heavy (non-hydrogen) atoms. The second kappa shape index (κ2) is 9.74. The van der Waals surface area contributed by atoms with Gasteiger partial charge in [-0.25, -0.2) is 4.98 Å². The van der Waals surface area contributed by atoms with E-state index >= 15 is 0 Å². The molecule has 0 fully saturated rings. The molecule has 10 heteroatoms. The lowest BCUT2D eigenvalue weighted by Gasteiger charge is -2.14. The number of thiazole rings is 1. The van der Waals surface area contributed by atoms with Crippen LogP contribution in [0.2, 0.25) is 0 Å². The van der Waals surface area contributed by atoms with E-state index in [0.717, 1.165) is 32.0 Å². The van der Waals surface area contributed by atoms with Crippen molar-refractivity contribution < 1.29 is 23.7 Å². The van der Waals surface area contributed by atoms with Crippen LogP contribution < -0.4 is 23.7 Å². The van der Waals surface area contributed by atoms with Crippen LogP contribution in [0, 0.1) is 0 Å². The molecule has 0 unspecified atom stereocenters. The molecule has 0 bridgehead atoms. The van der Waals surface area contributed by atoms with E-state index in [9.17, 15) is 0 Å². The second-order valence-electron chi connectivity index (χ2n) is 7.68. The van der Waals surface area contributed by atoms with Gasteiger partial charge < -0.3 is 23.7 Å². The topological polar surface area (TPSA) is 89.8 Å². The molecule has 0 N–H and O–H groups in total. The molecule has 2 aromatic heterocycles. The Kier molecular flexibility index (Phi) is 6.34. The van der Waals surface area contributed by atoms with Crippen LogP contribution in [0.3, 0.4) is 0 Å². The van der Waals surface area contributed by atoms with Gasteiger partial charge in [-0.05, 0) is 36.4 Å². The van der Waals surface area contributed by atoms with Crippen molar-refractivity contribution in [2.45, 2.75) is 0 Å². The first-order valence-corrected chi connectivity index (χ1v) is 11.8. The summed E-state index contributed by atoms with van der Waals surface area (Å²) in [5.74, 6) is 3.58. The summed E-state index contributed by atoms with van der Waals surface area (Å²) < 4.78 is 30.2. The van der Waals surface area contributed by atoms with E-state index in [4.69, 9.17) is 28.7 Å². The number of hydrogen-bond donors (Lipinski definition) is 0. The van der Waals surface area contributed by atoms with Crippen molar-refractivity contribution in [3.05, 3.63) is 54.9 Å². The third kappa shape index (κ3) is 4.05. The maximum Gasteiger partial charge on any atom is 0.203 e. The summed E-state index contributed by atoms with van der Waals surface area (Å²) in [6, 6.07) is 15.6. The number of benzene rings is 3. The Balaban J connectivity index is 1.50. The highest BCUT2D eigenvalue weighted by atomic mass is 32.1. The largest absolute Gasteiger partial charge is 0.493 e. The molecule has 0 aliphatic rings. The number of hydrogen-bond acceptors (Lipinski definition) is 9. The van der Waals surface area contributed by atoms with Gasteiger partial charge in [-0.1, -0.05) is 0 Å². The van der Waals surface area contributed by atoms with Gasteiger partial charge in [-0.15, -0.1) is 21.5 Å². The third-order valence-electron chi connectivity index (χ3n) is 5.76. The molecule has 0 amide bonds. The molecule has 0 aliphatic carbocycles. The first-order chi connectivity index (χ1) is 17.6. The fraction of sp³-hybridized carbons (Fsp3) is 0.192. The number of nitrogens with zero attached hydrogens (tertiary/aromatic N) is 4. The molecule has 2 heterocycles. The van der Waals surface area contributed by atoms with Gasteiger partial charge in [-0.3, -0.25) is 4.57 Å². The van der Waals surface area contributed by atoms with Gasteiger partial charge in [0.25, 0.3) is 0 Å². The van der Waals surface area contributed by atoms with Crippen molar-refractivity contribution in [1.29, 1.82) is 0 Å². The molecule has 184 valence electrons. The highest BCUT2D eigenvalue weighted by Crippen LogP contribution is 2.41. The van der Waals surface area contributed by atoms with Crippen LogP contribution in [0.5, 0.6) is 28.7 Å². The maximum atomic E-state index is 5.50. The average molecular weight is 505 g/mol. The fourth-order valence-corrected chi connectivity index (χ4v) is 4.96. The minimum atomic E-state index is 0.519. The van der Waals surface area contributed by atoms with E-state index in [2.05, 4.69) is 10.2 Å². The van der Waals surface area contributed by atoms with Crippen LogP contribution in [0.15, 0.2) is 54.9 Å². The highest BCUT2D eigenvalue weighted by Gasteiger charge is 2.18. The van der Waals surface area contributed by atoms with Gasteiger partial charge >= 0.3 is 0 Å². The quantitative estimate of drug-likeness (QED) is 0.283. The van der Waals surface area contributed by atoms with Crippen LogP contribution in [0.4, 0.5) is 0 Å². The second-order valence-corrected chi connectivity index (χ2v) is 8.71. The normalized spacial score (nSPS) is 10.9. The van der Waals surface area contributed by atoms with Gasteiger partial charge in [0.15, 0.2) is 28.8 Å². The van der Waals surface area contributed by atoms with Crippen molar-refractivity contribution in [2.24, 2.45) is 0 Å². The van der Waals surface area contributed by atoms with Crippen LogP contribution in [-0.2, 0) is 0 Å². The van der Waals surface area contributed by atoms with Crippen LogP contribution in [-0.4, -0.2) is 55.3 Å².